The zero-order valence-corrected chi connectivity index (χ0v) is 21.6. The Bertz CT molecular complexity index is 906. The molecule has 0 heterocycles. The summed E-state index contributed by atoms with van der Waals surface area (Å²) in [5.41, 5.74) is 2.61. The minimum atomic E-state index is -0.0893. The summed E-state index contributed by atoms with van der Waals surface area (Å²) in [6, 6.07) is 11.4. The molecule has 8 nitrogen and oxygen atoms in total. The van der Waals surface area contributed by atoms with Crippen LogP contribution in [0.3, 0.4) is 0 Å². The minimum absolute atomic E-state index is 0. The first-order valence-corrected chi connectivity index (χ1v) is 10.2. The van der Waals surface area contributed by atoms with Gasteiger partial charge in [-0.2, -0.15) is 0 Å². The molecule has 0 fully saturated rings. The summed E-state index contributed by atoms with van der Waals surface area (Å²) in [7, 11) is 6.40. The van der Waals surface area contributed by atoms with Gasteiger partial charge in [-0.15, -0.1) is 24.0 Å². The molecule has 32 heavy (non-hydrogen) atoms. The van der Waals surface area contributed by atoms with Crippen molar-refractivity contribution in [2.24, 2.45) is 4.99 Å². The smallest absolute Gasteiger partial charge is 0.251 e. The van der Waals surface area contributed by atoms with Crippen molar-refractivity contribution in [3.63, 3.8) is 0 Å². The molecule has 0 saturated carbocycles. The highest BCUT2D eigenvalue weighted by Crippen LogP contribution is 2.39. The van der Waals surface area contributed by atoms with Crippen molar-refractivity contribution in [1.82, 2.24) is 16.0 Å². The first kappa shape index (κ1) is 27.3. The van der Waals surface area contributed by atoms with E-state index in [2.05, 4.69) is 20.9 Å². The highest BCUT2D eigenvalue weighted by Gasteiger charge is 2.15. The van der Waals surface area contributed by atoms with Gasteiger partial charge in [-0.3, -0.25) is 4.79 Å². The lowest BCUT2D eigenvalue weighted by Crippen LogP contribution is -2.38. The van der Waals surface area contributed by atoms with Crippen LogP contribution in [0.2, 0.25) is 0 Å². The number of hydrogen-bond donors (Lipinski definition) is 3. The van der Waals surface area contributed by atoms with Gasteiger partial charge in [0, 0.05) is 31.3 Å². The van der Waals surface area contributed by atoms with Crippen LogP contribution in [0.1, 0.15) is 28.4 Å². The van der Waals surface area contributed by atoms with Crippen LogP contribution in [-0.4, -0.2) is 53.3 Å². The molecule has 0 aliphatic carbocycles. The van der Waals surface area contributed by atoms with Gasteiger partial charge in [-0.05, 0) is 43.2 Å². The molecule has 0 radical (unpaired) electrons. The van der Waals surface area contributed by atoms with Gasteiger partial charge in [0.1, 0.15) is 0 Å². The third kappa shape index (κ3) is 7.47. The fraction of sp³-hybridized carbons (Fsp3) is 0.391. The number of methoxy groups -OCH3 is 3. The van der Waals surface area contributed by atoms with Gasteiger partial charge in [0.25, 0.3) is 5.91 Å². The summed E-state index contributed by atoms with van der Waals surface area (Å²) < 4.78 is 16.3. The van der Waals surface area contributed by atoms with Crippen molar-refractivity contribution in [3.05, 3.63) is 53.1 Å². The lowest BCUT2D eigenvalue weighted by Gasteiger charge is -2.16. The fourth-order valence-corrected chi connectivity index (χ4v) is 3.13. The van der Waals surface area contributed by atoms with Gasteiger partial charge >= 0.3 is 0 Å². The number of nitrogens with zero attached hydrogens (tertiary/aromatic N) is 1. The van der Waals surface area contributed by atoms with E-state index in [0.29, 0.717) is 41.9 Å². The van der Waals surface area contributed by atoms with E-state index in [1.54, 1.807) is 34.4 Å². The number of rotatable bonds is 10. The Kier molecular flexibility index (Phi) is 12.3. The van der Waals surface area contributed by atoms with Crippen LogP contribution in [0.4, 0.5) is 0 Å². The van der Waals surface area contributed by atoms with E-state index in [9.17, 15) is 4.79 Å². The summed E-state index contributed by atoms with van der Waals surface area (Å²) in [5.74, 6) is 2.37. The third-order valence-electron chi connectivity index (χ3n) is 4.66. The maximum Gasteiger partial charge on any atom is 0.251 e. The molecule has 0 aliphatic heterocycles. The maximum atomic E-state index is 11.8. The lowest BCUT2D eigenvalue weighted by atomic mass is 10.1. The normalized spacial score (nSPS) is 10.6. The SMILES string of the molecule is CCNC(=NCc1ccc(OC)c(OC)c1OC)NCCc1cccc(C(=O)NC)c1.I. The Morgan fingerprint density at radius 3 is 2.38 bits per heavy atom. The minimum Gasteiger partial charge on any atom is -0.493 e. The Balaban J connectivity index is 0.00000512. The quantitative estimate of drug-likeness (QED) is 0.237. The largest absolute Gasteiger partial charge is 0.493 e. The molecular formula is C23H33IN4O4. The molecule has 2 aromatic rings. The second-order valence-electron chi connectivity index (χ2n) is 6.64. The average molecular weight is 556 g/mol. The summed E-state index contributed by atoms with van der Waals surface area (Å²) in [4.78, 5) is 16.5. The first-order chi connectivity index (χ1) is 15.1. The number of nitrogens with one attached hydrogen (secondary N) is 3. The number of hydrogen-bond acceptors (Lipinski definition) is 5. The molecule has 9 heteroatoms. The van der Waals surface area contributed by atoms with Crippen LogP contribution in [0, 0.1) is 0 Å². The van der Waals surface area contributed by atoms with Crippen molar-refractivity contribution in [3.8, 4) is 17.2 Å². The van der Waals surface area contributed by atoms with Gasteiger partial charge in [-0.1, -0.05) is 12.1 Å². The van der Waals surface area contributed by atoms with Gasteiger partial charge < -0.3 is 30.2 Å². The third-order valence-corrected chi connectivity index (χ3v) is 4.66. The zero-order chi connectivity index (χ0) is 22.6. The Morgan fingerprint density at radius 2 is 1.75 bits per heavy atom. The van der Waals surface area contributed by atoms with Crippen LogP contribution < -0.4 is 30.2 Å². The number of carbonyl (C=O) groups excluding carboxylic acids is 1. The number of benzene rings is 2. The predicted molar refractivity (Wildman–Crippen MR) is 138 cm³/mol. The van der Waals surface area contributed by atoms with Crippen molar-refractivity contribution < 1.29 is 19.0 Å². The average Bonchev–Trinajstić information content (AvgIpc) is 2.81. The lowest BCUT2D eigenvalue weighted by molar-refractivity contribution is 0.0963. The molecule has 0 spiro atoms. The van der Waals surface area contributed by atoms with E-state index in [1.165, 1.54) is 0 Å². The van der Waals surface area contributed by atoms with Crippen LogP contribution in [0.25, 0.3) is 0 Å². The summed E-state index contributed by atoms with van der Waals surface area (Å²) in [6.07, 6.45) is 0.759. The van der Waals surface area contributed by atoms with E-state index < -0.39 is 0 Å². The van der Waals surface area contributed by atoms with Gasteiger partial charge in [0.2, 0.25) is 5.75 Å². The molecule has 176 valence electrons. The highest BCUT2D eigenvalue weighted by molar-refractivity contribution is 14.0. The van der Waals surface area contributed by atoms with E-state index in [4.69, 9.17) is 14.2 Å². The van der Waals surface area contributed by atoms with E-state index >= 15 is 0 Å². The Labute approximate surface area is 207 Å². The molecule has 0 aliphatic rings. The monoisotopic (exact) mass is 556 g/mol. The van der Waals surface area contributed by atoms with Crippen LogP contribution in [-0.2, 0) is 13.0 Å². The molecule has 0 aromatic heterocycles. The van der Waals surface area contributed by atoms with Crippen LogP contribution in [0.5, 0.6) is 17.2 Å². The maximum absolute atomic E-state index is 11.8. The summed E-state index contributed by atoms with van der Waals surface area (Å²) >= 11 is 0. The first-order valence-electron chi connectivity index (χ1n) is 10.2. The molecule has 0 bridgehead atoms. The molecular weight excluding hydrogens is 523 g/mol. The van der Waals surface area contributed by atoms with Crippen molar-refractivity contribution in [2.45, 2.75) is 19.9 Å². The second kappa shape index (κ2) is 14.4. The fourth-order valence-electron chi connectivity index (χ4n) is 3.13. The Hall–Kier alpha value is -2.69. The highest BCUT2D eigenvalue weighted by atomic mass is 127. The zero-order valence-electron chi connectivity index (χ0n) is 19.3. The van der Waals surface area contributed by atoms with Crippen LogP contribution >= 0.6 is 24.0 Å². The molecule has 2 rings (SSSR count). The van der Waals surface area contributed by atoms with Gasteiger partial charge in [-0.25, -0.2) is 4.99 Å². The van der Waals surface area contributed by atoms with Crippen molar-refractivity contribution >= 4 is 35.8 Å². The molecule has 1 amide bonds. The molecule has 3 N–H and O–H groups in total. The number of carbonyl (C=O) groups is 1. The number of aliphatic imine (C=N–C) groups is 1. The second-order valence-corrected chi connectivity index (χ2v) is 6.64. The topological polar surface area (TPSA) is 93.2 Å². The van der Waals surface area contributed by atoms with E-state index in [-0.39, 0.29) is 29.9 Å². The molecule has 0 unspecified atom stereocenters. The number of ether oxygens (including phenoxy) is 3. The number of halogens is 1. The number of amides is 1. The number of guanidine groups is 1. The molecule has 0 atom stereocenters. The summed E-state index contributed by atoms with van der Waals surface area (Å²) in [6.45, 7) is 3.83. The standard InChI is InChI=1S/C23H32N4O4.HI/c1-6-25-23(26-13-12-16-8-7-9-17(14-16)22(28)24-2)27-15-18-10-11-19(29-3)21(31-5)20(18)30-4;/h7-11,14H,6,12-13,15H2,1-5H3,(H,24,28)(H2,25,26,27);1H. The van der Waals surface area contributed by atoms with Crippen molar-refractivity contribution in [2.75, 3.05) is 41.5 Å². The molecule has 2 aromatic carbocycles. The summed E-state index contributed by atoms with van der Waals surface area (Å²) in [5, 5.41) is 9.22. The predicted octanol–water partition coefficient (Wildman–Crippen LogP) is 2.99. The van der Waals surface area contributed by atoms with E-state index in [0.717, 1.165) is 24.1 Å². The van der Waals surface area contributed by atoms with E-state index in [1.807, 2.05) is 37.3 Å². The van der Waals surface area contributed by atoms with Crippen LogP contribution in [0.15, 0.2) is 41.4 Å². The van der Waals surface area contributed by atoms with Crippen molar-refractivity contribution in [1.29, 1.82) is 0 Å². The van der Waals surface area contributed by atoms with Gasteiger partial charge in [0.15, 0.2) is 17.5 Å². The Morgan fingerprint density at radius 1 is 1.00 bits per heavy atom. The van der Waals surface area contributed by atoms with Gasteiger partial charge in [0.05, 0.1) is 27.9 Å². The molecule has 0 saturated heterocycles.